The molecule has 0 aromatic heterocycles. The molecule has 1 amide bonds. The Bertz CT molecular complexity index is 1400. The average Bonchev–Trinajstić information content (AvgIpc) is 3.21. The van der Waals surface area contributed by atoms with Gasteiger partial charge in [-0.2, -0.15) is 0 Å². The number of hydrogen-bond donors (Lipinski definition) is 3. The third-order valence-corrected chi connectivity index (χ3v) is 11.0. The Hall–Kier alpha value is -3.73. The number of benzene rings is 1. The molecule has 1 aromatic carbocycles. The molecular formula is C32H41N3O8. The number of amides is 1. The normalized spacial score (nSPS) is 34.3. The van der Waals surface area contributed by atoms with Gasteiger partial charge in [0.2, 0.25) is 0 Å². The highest BCUT2D eigenvalue weighted by atomic mass is 16.6. The van der Waals surface area contributed by atoms with Crippen LogP contribution in [-0.2, 0) is 25.6 Å². The summed E-state index contributed by atoms with van der Waals surface area (Å²) >= 11 is 0. The van der Waals surface area contributed by atoms with Crippen LogP contribution in [0.4, 0.5) is 5.69 Å². The molecule has 0 aliphatic heterocycles. The average molecular weight is 596 g/mol. The molecule has 43 heavy (non-hydrogen) atoms. The van der Waals surface area contributed by atoms with Gasteiger partial charge in [0.25, 0.3) is 5.91 Å². The molecule has 4 aliphatic rings. The maximum Gasteiger partial charge on any atom is 0.328 e. The van der Waals surface area contributed by atoms with E-state index in [0.29, 0.717) is 29.0 Å². The molecule has 3 fully saturated rings. The van der Waals surface area contributed by atoms with Crippen LogP contribution >= 0.6 is 0 Å². The third-order valence-electron chi connectivity index (χ3n) is 11.0. The standard InChI is InChI=1S/C32H41N3O8/c1-30-12-9-21(17-20(30)6-7-22-23(30)10-13-31(2)24(22)11-14-32(31,3)39)34-43-18-28(37)33-25(29(38)42-4)15-19-5-8-27(36)26(16-19)35(40)41/h5,8-9,12,16-17,22-25,36,39H,6-7,10-11,13-15,18H2,1-4H3,(H,33,37)/b34-21-/t22-,23-,24-,25+,30+,31+,32+/m1/s1. The number of rotatable bonds is 8. The van der Waals surface area contributed by atoms with Crippen molar-refractivity contribution in [3.63, 3.8) is 0 Å². The number of allylic oxidation sites excluding steroid dienone is 4. The van der Waals surface area contributed by atoms with E-state index in [1.54, 1.807) is 0 Å². The second-order valence-corrected chi connectivity index (χ2v) is 13.2. The lowest BCUT2D eigenvalue weighted by atomic mass is 9.47. The van der Waals surface area contributed by atoms with Gasteiger partial charge in [0.1, 0.15) is 11.8 Å². The Morgan fingerprint density at radius 2 is 1.93 bits per heavy atom. The zero-order valence-electron chi connectivity index (χ0n) is 25.2. The van der Waals surface area contributed by atoms with E-state index in [0.717, 1.165) is 50.7 Å². The van der Waals surface area contributed by atoms with E-state index in [2.05, 4.69) is 36.5 Å². The summed E-state index contributed by atoms with van der Waals surface area (Å²) in [5, 5.41) is 38.7. The quantitative estimate of drug-likeness (QED) is 0.227. The summed E-state index contributed by atoms with van der Waals surface area (Å²) in [6, 6.07) is 2.62. The molecule has 0 spiro atoms. The molecule has 0 saturated heterocycles. The predicted octanol–water partition coefficient (Wildman–Crippen LogP) is 4.36. The first-order chi connectivity index (χ1) is 20.3. The van der Waals surface area contributed by atoms with Crippen LogP contribution in [0.25, 0.3) is 0 Å². The Kier molecular flexibility index (Phi) is 8.15. The molecular weight excluding hydrogens is 554 g/mol. The van der Waals surface area contributed by atoms with Crippen molar-refractivity contribution < 1.29 is 34.3 Å². The van der Waals surface area contributed by atoms with Crippen LogP contribution in [0.1, 0.15) is 64.9 Å². The number of fused-ring (bicyclic) bond motifs is 5. The van der Waals surface area contributed by atoms with Crippen LogP contribution < -0.4 is 5.32 Å². The number of nitro groups is 1. The largest absolute Gasteiger partial charge is 0.502 e. The lowest BCUT2D eigenvalue weighted by molar-refractivity contribution is -0.385. The topological polar surface area (TPSA) is 161 Å². The van der Waals surface area contributed by atoms with Gasteiger partial charge in [-0.3, -0.25) is 14.9 Å². The highest BCUT2D eigenvalue weighted by Crippen LogP contribution is 2.66. The monoisotopic (exact) mass is 595 g/mol. The molecule has 4 aliphatic carbocycles. The first-order valence-electron chi connectivity index (χ1n) is 14.9. The van der Waals surface area contributed by atoms with Gasteiger partial charge in [0, 0.05) is 17.9 Å². The van der Waals surface area contributed by atoms with Crippen LogP contribution in [0.2, 0.25) is 0 Å². The van der Waals surface area contributed by atoms with Crippen molar-refractivity contribution in [1.29, 1.82) is 0 Å². The highest BCUT2D eigenvalue weighted by Gasteiger charge is 2.62. The van der Waals surface area contributed by atoms with Crippen molar-refractivity contribution in [1.82, 2.24) is 5.32 Å². The van der Waals surface area contributed by atoms with Crippen molar-refractivity contribution in [2.75, 3.05) is 13.7 Å². The van der Waals surface area contributed by atoms with Crippen molar-refractivity contribution in [3.8, 4) is 5.75 Å². The second-order valence-electron chi connectivity index (χ2n) is 13.2. The lowest BCUT2D eigenvalue weighted by Gasteiger charge is -2.58. The van der Waals surface area contributed by atoms with Gasteiger partial charge in [-0.1, -0.05) is 36.7 Å². The zero-order chi connectivity index (χ0) is 31.2. The fraction of sp³-hybridized carbons (Fsp3) is 0.594. The summed E-state index contributed by atoms with van der Waals surface area (Å²) in [6.45, 7) is 6.18. The van der Waals surface area contributed by atoms with Gasteiger partial charge in [-0.25, -0.2) is 4.79 Å². The number of ether oxygens (including phenoxy) is 1. The lowest BCUT2D eigenvalue weighted by Crippen LogP contribution is -2.53. The number of phenolic OH excluding ortho intramolecular Hbond substituents is 1. The molecule has 11 nitrogen and oxygen atoms in total. The molecule has 0 radical (unpaired) electrons. The van der Waals surface area contributed by atoms with Crippen molar-refractivity contribution in [3.05, 3.63) is 57.7 Å². The van der Waals surface area contributed by atoms with E-state index >= 15 is 0 Å². The second kappa shape index (κ2) is 11.4. The molecule has 232 valence electrons. The molecule has 0 unspecified atom stereocenters. The maximum absolute atomic E-state index is 12.6. The van der Waals surface area contributed by atoms with E-state index < -0.39 is 46.5 Å². The molecule has 1 aromatic rings. The van der Waals surface area contributed by atoms with Crippen LogP contribution in [0.5, 0.6) is 5.75 Å². The summed E-state index contributed by atoms with van der Waals surface area (Å²) in [7, 11) is 1.18. The van der Waals surface area contributed by atoms with Crippen LogP contribution in [0.3, 0.4) is 0 Å². The van der Waals surface area contributed by atoms with E-state index in [1.807, 2.05) is 13.0 Å². The number of esters is 1. The fourth-order valence-corrected chi connectivity index (χ4v) is 8.32. The van der Waals surface area contributed by atoms with Crippen molar-refractivity contribution in [2.24, 2.45) is 33.7 Å². The van der Waals surface area contributed by atoms with E-state index in [1.165, 1.54) is 18.7 Å². The fourth-order valence-electron chi connectivity index (χ4n) is 8.32. The number of nitro benzene ring substituents is 1. The van der Waals surface area contributed by atoms with Crippen molar-refractivity contribution in [2.45, 2.75) is 77.4 Å². The number of nitrogens with one attached hydrogen (secondary N) is 1. The number of methoxy groups -OCH3 is 1. The summed E-state index contributed by atoms with van der Waals surface area (Å²) in [5.74, 6) is -0.214. The minimum atomic E-state index is -1.12. The van der Waals surface area contributed by atoms with Gasteiger partial charge < -0.3 is 25.1 Å². The third kappa shape index (κ3) is 5.55. The van der Waals surface area contributed by atoms with E-state index in [-0.39, 0.29) is 17.3 Å². The molecule has 11 heteroatoms. The Morgan fingerprint density at radius 3 is 2.65 bits per heavy atom. The summed E-state index contributed by atoms with van der Waals surface area (Å²) in [4.78, 5) is 40.7. The number of carbonyl (C=O) groups excluding carboxylic acids is 2. The van der Waals surface area contributed by atoms with Crippen LogP contribution in [0.15, 0.2) is 47.2 Å². The Morgan fingerprint density at radius 1 is 1.19 bits per heavy atom. The molecule has 5 rings (SSSR count). The number of phenols is 1. The Labute approximate surface area is 251 Å². The summed E-state index contributed by atoms with van der Waals surface area (Å²) in [6.07, 6.45) is 12.2. The summed E-state index contributed by atoms with van der Waals surface area (Å²) < 4.78 is 4.79. The SMILES string of the molecule is COC(=O)[C@H](Cc1ccc(O)c([N+](=O)[O-])c1)NC(=O)CO/N=C1/C=C[C@@]2(C)C(=C1)CC[C@@H]1[C@H]2CC[C@@]2(C)[C@@H]1CC[C@]2(C)O. The number of carbonyl (C=O) groups is 2. The molecule has 3 saturated carbocycles. The number of nitrogens with zero attached hydrogens (tertiary/aromatic N) is 2. The smallest absolute Gasteiger partial charge is 0.328 e. The highest BCUT2D eigenvalue weighted by molar-refractivity contribution is 6.05. The number of aromatic hydroxyl groups is 1. The van der Waals surface area contributed by atoms with Gasteiger partial charge in [0.05, 0.1) is 17.6 Å². The minimum Gasteiger partial charge on any atom is -0.502 e. The number of aliphatic hydroxyl groups is 1. The predicted molar refractivity (Wildman–Crippen MR) is 158 cm³/mol. The maximum atomic E-state index is 12.6. The van der Waals surface area contributed by atoms with Crippen LogP contribution in [-0.4, -0.2) is 58.1 Å². The summed E-state index contributed by atoms with van der Waals surface area (Å²) in [5.41, 5.74) is 1.08. The van der Waals surface area contributed by atoms with Gasteiger partial charge >= 0.3 is 11.7 Å². The van der Waals surface area contributed by atoms with Crippen LogP contribution in [0, 0.1) is 38.7 Å². The number of oxime groups is 1. The molecule has 3 N–H and O–H groups in total. The number of hydrogen-bond acceptors (Lipinski definition) is 9. The Balaban J connectivity index is 1.20. The zero-order valence-corrected chi connectivity index (χ0v) is 25.2. The molecule has 7 atom stereocenters. The van der Waals surface area contributed by atoms with E-state index in [9.17, 15) is 29.9 Å². The van der Waals surface area contributed by atoms with Gasteiger partial charge in [-0.05, 0) is 92.4 Å². The minimum absolute atomic E-state index is 0.0277. The van der Waals surface area contributed by atoms with Gasteiger partial charge in [0.15, 0.2) is 12.4 Å². The van der Waals surface area contributed by atoms with Gasteiger partial charge in [-0.15, -0.1) is 0 Å². The first kappa shape index (κ1) is 30.7. The van der Waals surface area contributed by atoms with E-state index in [4.69, 9.17) is 9.57 Å². The molecule has 0 bridgehead atoms. The van der Waals surface area contributed by atoms with Crippen molar-refractivity contribution >= 4 is 23.3 Å². The molecule has 0 heterocycles. The first-order valence-corrected chi connectivity index (χ1v) is 14.9.